The second-order valence-corrected chi connectivity index (χ2v) is 4.64. The maximum absolute atomic E-state index is 12.7. The SMILES string of the molecule is CC(C)CC(N)C(=O)c1ccccc1C(F)(F)F. The molecule has 0 fully saturated rings. The zero-order valence-electron chi connectivity index (χ0n) is 10.3. The molecule has 0 aliphatic carbocycles. The Kier molecular flexibility index (Phi) is 4.51. The van der Waals surface area contributed by atoms with Gasteiger partial charge in [0.15, 0.2) is 5.78 Å². The number of benzene rings is 1. The van der Waals surface area contributed by atoms with Gasteiger partial charge in [-0.3, -0.25) is 4.79 Å². The Hall–Kier alpha value is -1.36. The largest absolute Gasteiger partial charge is 0.417 e. The van der Waals surface area contributed by atoms with Gasteiger partial charge in [-0.15, -0.1) is 0 Å². The molecule has 0 amide bonds. The van der Waals surface area contributed by atoms with Gasteiger partial charge in [-0.2, -0.15) is 13.2 Å². The second kappa shape index (κ2) is 5.52. The van der Waals surface area contributed by atoms with Gasteiger partial charge in [0.2, 0.25) is 0 Å². The molecule has 1 aromatic carbocycles. The highest BCUT2D eigenvalue weighted by molar-refractivity contribution is 6.01. The van der Waals surface area contributed by atoms with Crippen molar-refractivity contribution in [3.05, 3.63) is 35.4 Å². The molecule has 100 valence electrons. The van der Waals surface area contributed by atoms with Crippen LogP contribution in [0.25, 0.3) is 0 Å². The van der Waals surface area contributed by atoms with Crippen molar-refractivity contribution in [3.63, 3.8) is 0 Å². The standard InChI is InChI=1S/C13H16F3NO/c1-8(2)7-11(17)12(18)9-5-3-4-6-10(9)13(14,15)16/h3-6,8,11H,7,17H2,1-2H3. The summed E-state index contributed by atoms with van der Waals surface area (Å²) in [4.78, 5) is 11.9. The van der Waals surface area contributed by atoms with E-state index in [0.717, 1.165) is 6.07 Å². The Morgan fingerprint density at radius 2 is 1.83 bits per heavy atom. The maximum atomic E-state index is 12.7. The van der Waals surface area contributed by atoms with Gasteiger partial charge in [-0.25, -0.2) is 0 Å². The van der Waals surface area contributed by atoms with Crippen LogP contribution in [0.3, 0.4) is 0 Å². The molecule has 0 spiro atoms. The number of nitrogens with two attached hydrogens (primary N) is 1. The average Bonchev–Trinajstić information content (AvgIpc) is 2.26. The summed E-state index contributed by atoms with van der Waals surface area (Å²) in [6.07, 6.45) is -4.17. The van der Waals surface area contributed by atoms with Crippen molar-refractivity contribution in [1.29, 1.82) is 0 Å². The third kappa shape index (κ3) is 3.57. The maximum Gasteiger partial charge on any atom is 0.417 e. The predicted octanol–water partition coefficient (Wildman–Crippen LogP) is 3.26. The number of ketones is 1. The molecule has 1 unspecified atom stereocenters. The summed E-state index contributed by atoms with van der Waals surface area (Å²) in [5, 5.41) is 0. The fourth-order valence-electron chi connectivity index (χ4n) is 1.76. The van der Waals surface area contributed by atoms with E-state index < -0.39 is 23.6 Å². The van der Waals surface area contributed by atoms with Crippen molar-refractivity contribution < 1.29 is 18.0 Å². The molecule has 1 rings (SSSR count). The van der Waals surface area contributed by atoms with Crippen molar-refractivity contribution in [3.8, 4) is 0 Å². The normalized spacial score (nSPS) is 13.7. The Bertz CT molecular complexity index is 426. The smallest absolute Gasteiger partial charge is 0.321 e. The average molecular weight is 259 g/mol. The Labute approximate surface area is 104 Å². The molecule has 2 N–H and O–H groups in total. The van der Waals surface area contributed by atoms with Crippen LogP contribution in [0.15, 0.2) is 24.3 Å². The molecule has 0 radical (unpaired) electrons. The lowest BCUT2D eigenvalue weighted by Gasteiger charge is -2.16. The molecule has 18 heavy (non-hydrogen) atoms. The lowest BCUT2D eigenvalue weighted by molar-refractivity contribution is -0.137. The minimum atomic E-state index is -4.54. The highest BCUT2D eigenvalue weighted by atomic mass is 19.4. The van der Waals surface area contributed by atoms with Crippen molar-refractivity contribution in [2.24, 2.45) is 11.7 Å². The van der Waals surface area contributed by atoms with Gasteiger partial charge in [0.05, 0.1) is 11.6 Å². The Morgan fingerprint density at radius 3 is 2.33 bits per heavy atom. The molecule has 1 aromatic rings. The van der Waals surface area contributed by atoms with Crippen LogP contribution in [0.1, 0.15) is 36.2 Å². The van der Waals surface area contributed by atoms with Crippen LogP contribution in [-0.2, 0) is 6.18 Å². The first-order valence-corrected chi connectivity index (χ1v) is 5.69. The summed E-state index contributed by atoms with van der Waals surface area (Å²) in [5.74, 6) is -0.501. The molecule has 0 aliphatic heterocycles. The van der Waals surface area contributed by atoms with E-state index in [4.69, 9.17) is 5.73 Å². The summed E-state index contributed by atoms with van der Waals surface area (Å²) in [6.45, 7) is 3.73. The van der Waals surface area contributed by atoms with Gasteiger partial charge in [-0.05, 0) is 18.4 Å². The van der Waals surface area contributed by atoms with Crippen LogP contribution in [0, 0.1) is 5.92 Å². The Balaban J connectivity index is 3.06. The number of halogens is 3. The molecule has 5 heteroatoms. The highest BCUT2D eigenvalue weighted by Gasteiger charge is 2.35. The first-order chi connectivity index (χ1) is 8.23. The van der Waals surface area contributed by atoms with E-state index in [1.165, 1.54) is 18.2 Å². The van der Waals surface area contributed by atoms with E-state index in [-0.39, 0.29) is 11.5 Å². The quantitative estimate of drug-likeness (QED) is 0.843. The predicted molar refractivity (Wildman–Crippen MR) is 63.2 cm³/mol. The monoisotopic (exact) mass is 259 g/mol. The third-order valence-corrected chi connectivity index (χ3v) is 2.56. The molecule has 0 saturated heterocycles. The molecule has 0 heterocycles. The van der Waals surface area contributed by atoms with Crippen LogP contribution in [0.5, 0.6) is 0 Å². The molecule has 2 nitrogen and oxygen atoms in total. The number of rotatable bonds is 4. The van der Waals surface area contributed by atoms with E-state index >= 15 is 0 Å². The van der Waals surface area contributed by atoms with Crippen molar-refractivity contribution in [2.45, 2.75) is 32.5 Å². The molecule has 0 bridgehead atoms. The fraction of sp³-hybridized carbons (Fsp3) is 0.462. The van der Waals surface area contributed by atoms with Crippen molar-refractivity contribution in [2.75, 3.05) is 0 Å². The number of Topliss-reactive ketones (excluding diaryl/α,β-unsaturated/α-hetero) is 1. The molecule has 0 saturated carbocycles. The number of carbonyl (C=O) groups is 1. The number of hydrogen-bond acceptors (Lipinski definition) is 2. The Morgan fingerprint density at radius 1 is 1.28 bits per heavy atom. The fourth-order valence-corrected chi connectivity index (χ4v) is 1.76. The zero-order valence-corrected chi connectivity index (χ0v) is 10.3. The van der Waals surface area contributed by atoms with Crippen LogP contribution in [0.2, 0.25) is 0 Å². The number of alkyl halides is 3. The van der Waals surface area contributed by atoms with Gasteiger partial charge < -0.3 is 5.73 Å². The van der Waals surface area contributed by atoms with Crippen LogP contribution >= 0.6 is 0 Å². The van der Waals surface area contributed by atoms with Crippen LogP contribution < -0.4 is 5.73 Å². The highest BCUT2D eigenvalue weighted by Crippen LogP contribution is 2.32. The third-order valence-electron chi connectivity index (χ3n) is 2.56. The first kappa shape index (κ1) is 14.7. The molecular weight excluding hydrogens is 243 g/mol. The van der Waals surface area contributed by atoms with Gasteiger partial charge in [0, 0.05) is 5.56 Å². The summed E-state index contributed by atoms with van der Waals surface area (Å²) in [6, 6.07) is 3.84. The molecule has 1 atom stereocenters. The van der Waals surface area contributed by atoms with Gasteiger partial charge in [0.1, 0.15) is 0 Å². The summed E-state index contributed by atoms with van der Waals surface area (Å²) < 4.78 is 38.2. The summed E-state index contributed by atoms with van der Waals surface area (Å²) in [7, 11) is 0. The van der Waals surface area contributed by atoms with E-state index in [9.17, 15) is 18.0 Å². The second-order valence-electron chi connectivity index (χ2n) is 4.64. The molecule has 0 aromatic heterocycles. The van der Waals surface area contributed by atoms with Crippen LogP contribution in [-0.4, -0.2) is 11.8 Å². The van der Waals surface area contributed by atoms with Crippen LogP contribution in [0.4, 0.5) is 13.2 Å². The van der Waals surface area contributed by atoms with Crippen molar-refractivity contribution >= 4 is 5.78 Å². The lowest BCUT2D eigenvalue weighted by atomic mass is 9.94. The zero-order chi connectivity index (χ0) is 13.9. The van der Waals surface area contributed by atoms with Gasteiger partial charge in [0.25, 0.3) is 0 Å². The topological polar surface area (TPSA) is 43.1 Å². The van der Waals surface area contributed by atoms with E-state index in [1.54, 1.807) is 0 Å². The summed E-state index contributed by atoms with van der Waals surface area (Å²) in [5.41, 5.74) is 4.37. The molecular formula is C13H16F3NO. The lowest BCUT2D eigenvalue weighted by Crippen LogP contribution is -2.33. The number of carbonyl (C=O) groups excluding carboxylic acids is 1. The molecule has 0 aliphatic rings. The minimum Gasteiger partial charge on any atom is -0.321 e. The van der Waals surface area contributed by atoms with E-state index in [1.807, 2.05) is 13.8 Å². The van der Waals surface area contributed by atoms with E-state index in [0.29, 0.717) is 6.42 Å². The minimum absolute atomic E-state index is 0.155. The van der Waals surface area contributed by atoms with Gasteiger partial charge >= 0.3 is 6.18 Å². The van der Waals surface area contributed by atoms with Crippen molar-refractivity contribution in [1.82, 2.24) is 0 Å². The first-order valence-electron chi connectivity index (χ1n) is 5.69. The number of hydrogen-bond donors (Lipinski definition) is 1. The van der Waals surface area contributed by atoms with Gasteiger partial charge in [-0.1, -0.05) is 32.0 Å². The van der Waals surface area contributed by atoms with E-state index in [2.05, 4.69) is 0 Å². The summed E-state index contributed by atoms with van der Waals surface area (Å²) >= 11 is 0.